The third-order valence-corrected chi connectivity index (χ3v) is 5.29. The Morgan fingerprint density at radius 1 is 1.42 bits per heavy atom. The van der Waals surface area contributed by atoms with Gasteiger partial charge in [-0.05, 0) is 50.3 Å². The van der Waals surface area contributed by atoms with Gasteiger partial charge in [0.1, 0.15) is 17.3 Å². The largest absolute Gasteiger partial charge is 0.497 e. The zero-order valence-corrected chi connectivity index (χ0v) is 14.2. The molecule has 1 aromatic carbocycles. The summed E-state index contributed by atoms with van der Waals surface area (Å²) >= 11 is 0. The molecule has 126 valence electrons. The van der Waals surface area contributed by atoms with Gasteiger partial charge >= 0.3 is 0 Å². The summed E-state index contributed by atoms with van der Waals surface area (Å²) in [6.45, 7) is 2.16. The Balaban J connectivity index is 1.59. The number of imidazole rings is 1. The molecular weight excluding hydrogens is 302 g/mol. The van der Waals surface area contributed by atoms with Gasteiger partial charge in [-0.15, -0.1) is 0 Å². The van der Waals surface area contributed by atoms with Gasteiger partial charge in [0.25, 0.3) is 5.91 Å². The van der Waals surface area contributed by atoms with Crippen LogP contribution < -0.4 is 10.1 Å². The van der Waals surface area contributed by atoms with Gasteiger partial charge in [-0.1, -0.05) is 12.1 Å². The van der Waals surface area contributed by atoms with E-state index in [1.807, 2.05) is 18.2 Å². The Labute approximate surface area is 142 Å². The Bertz CT molecular complexity index is 777. The van der Waals surface area contributed by atoms with E-state index >= 15 is 0 Å². The molecule has 0 bridgehead atoms. The first-order valence-corrected chi connectivity index (χ1v) is 8.66. The van der Waals surface area contributed by atoms with Gasteiger partial charge in [-0.3, -0.25) is 4.79 Å². The van der Waals surface area contributed by atoms with E-state index in [-0.39, 0.29) is 11.4 Å². The lowest BCUT2D eigenvalue weighted by atomic mass is 10.0. The van der Waals surface area contributed by atoms with E-state index in [9.17, 15) is 4.79 Å². The second kappa shape index (κ2) is 5.65. The van der Waals surface area contributed by atoms with Crippen LogP contribution in [0.1, 0.15) is 60.5 Å². The van der Waals surface area contributed by atoms with Crippen LogP contribution in [0.5, 0.6) is 5.75 Å². The van der Waals surface area contributed by atoms with Crippen LogP contribution in [0, 0.1) is 0 Å². The molecule has 5 nitrogen and oxygen atoms in total. The summed E-state index contributed by atoms with van der Waals surface area (Å²) in [5.74, 6) is 1.83. The summed E-state index contributed by atoms with van der Waals surface area (Å²) in [7, 11) is 1.66. The molecule has 0 spiro atoms. The lowest BCUT2D eigenvalue weighted by Gasteiger charge is -2.25. The standard InChI is InChI=1S/C19H23N3O2/c1-13-5-3-8-17-20-12-16(22(13)17)18(23)21-19(9-10-19)14-6-4-7-15(11-14)24-2/h4,6-7,11-13H,3,5,8-10H2,1-2H3,(H,21,23). The molecule has 1 unspecified atom stereocenters. The fraction of sp³-hybridized carbons (Fsp3) is 0.474. The number of hydrogen-bond donors (Lipinski definition) is 1. The molecule has 1 aliphatic carbocycles. The van der Waals surface area contributed by atoms with Gasteiger partial charge in [-0.25, -0.2) is 4.98 Å². The number of fused-ring (bicyclic) bond motifs is 1. The predicted octanol–water partition coefficient (Wildman–Crippen LogP) is 3.21. The van der Waals surface area contributed by atoms with Gasteiger partial charge in [0, 0.05) is 12.5 Å². The minimum absolute atomic E-state index is 0.0252. The number of amides is 1. The van der Waals surface area contributed by atoms with Crippen molar-refractivity contribution in [2.75, 3.05) is 7.11 Å². The van der Waals surface area contributed by atoms with Crippen molar-refractivity contribution in [3.8, 4) is 5.75 Å². The van der Waals surface area contributed by atoms with Crippen LogP contribution in [0.3, 0.4) is 0 Å². The Morgan fingerprint density at radius 3 is 3.00 bits per heavy atom. The predicted molar refractivity (Wildman–Crippen MR) is 91.2 cm³/mol. The molecule has 2 aliphatic rings. The molecule has 1 amide bonds. The topological polar surface area (TPSA) is 56.1 Å². The number of hydrogen-bond acceptors (Lipinski definition) is 3. The number of rotatable bonds is 4. The van der Waals surface area contributed by atoms with E-state index in [1.165, 1.54) is 0 Å². The summed E-state index contributed by atoms with van der Waals surface area (Å²) in [6, 6.07) is 8.31. The van der Waals surface area contributed by atoms with E-state index in [2.05, 4.69) is 27.9 Å². The van der Waals surface area contributed by atoms with Crippen LogP contribution in [-0.4, -0.2) is 22.6 Å². The third kappa shape index (κ3) is 2.48. The molecule has 1 aliphatic heterocycles. The molecule has 1 fully saturated rings. The first-order valence-electron chi connectivity index (χ1n) is 8.66. The lowest BCUT2D eigenvalue weighted by molar-refractivity contribution is 0.0917. The SMILES string of the molecule is COc1cccc(C2(NC(=O)c3cnc4n3C(C)CCC4)CC2)c1. The first kappa shape index (κ1) is 15.2. The van der Waals surface area contributed by atoms with Gasteiger partial charge in [0.2, 0.25) is 0 Å². The van der Waals surface area contributed by atoms with Crippen LogP contribution in [0.2, 0.25) is 0 Å². The van der Waals surface area contributed by atoms with Crippen molar-refractivity contribution in [1.82, 2.24) is 14.9 Å². The maximum atomic E-state index is 12.9. The maximum Gasteiger partial charge on any atom is 0.270 e. The Hall–Kier alpha value is -2.30. The molecule has 0 radical (unpaired) electrons. The number of carbonyl (C=O) groups excluding carboxylic acids is 1. The van der Waals surface area contributed by atoms with Crippen LogP contribution >= 0.6 is 0 Å². The molecule has 4 rings (SSSR count). The number of aromatic nitrogens is 2. The van der Waals surface area contributed by atoms with Crippen LogP contribution in [0.15, 0.2) is 30.5 Å². The van der Waals surface area contributed by atoms with Crippen LogP contribution in [0.25, 0.3) is 0 Å². The fourth-order valence-electron chi connectivity index (χ4n) is 3.74. The van der Waals surface area contributed by atoms with Crippen LogP contribution in [0.4, 0.5) is 0 Å². The van der Waals surface area contributed by atoms with E-state index in [0.717, 1.165) is 49.2 Å². The molecule has 1 atom stereocenters. The van der Waals surface area contributed by atoms with Crippen molar-refractivity contribution in [1.29, 1.82) is 0 Å². The highest BCUT2D eigenvalue weighted by molar-refractivity contribution is 5.93. The summed E-state index contributed by atoms with van der Waals surface area (Å²) < 4.78 is 7.43. The first-order chi connectivity index (χ1) is 11.6. The molecule has 5 heteroatoms. The number of benzene rings is 1. The molecule has 1 N–H and O–H groups in total. The summed E-state index contributed by atoms with van der Waals surface area (Å²) in [5.41, 5.74) is 1.54. The maximum absolute atomic E-state index is 12.9. The van der Waals surface area contributed by atoms with Gasteiger partial charge < -0.3 is 14.6 Å². The third-order valence-electron chi connectivity index (χ3n) is 5.29. The zero-order valence-electron chi connectivity index (χ0n) is 14.2. The number of carbonyl (C=O) groups is 1. The summed E-state index contributed by atoms with van der Waals surface area (Å²) in [5, 5.41) is 3.25. The lowest BCUT2D eigenvalue weighted by Crippen LogP contribution is -2.36. The quantitative estimate of drug-likeness (QED) is 0.939. The highest BCUT2D eigenvalue weighted by atomic mass is 16.5. The van der Waals surface area contributed by atoms with Gasteiger partial charge in [-0.2, -0.15) is 0 Å². The molecular formula is C19H23N3O2. The number of nitrogens with one attached hydrogen (secondary N) is 1. The normalized spacial score (nSPS) is 21.0. The minimum Gasteiger partial charge on any atom is -0.497 e. The average molecular weight is 325 g/mol. The molecule has 1 aromatic heterocycles. The van der Waals surface area contributed by atoms with Crippen molar-refractivity contribution >= 4 is 5.91 Å². The fourth-order valence-corrected chi connectivity index (χ4v) is 3.74. The Morgan fingerprint density at radius 2 is 2.25 bits per heavy atom. The summed E-state index contributed by atoms with van der Waals surface area (Å²) in [4.78, 5) is 17.4. The monoisotopic (exact) mass is 325 g/mol. The van der Waals surface area contributed by atoms with Crippen molar-refractivity contribution in [3.63, 3.8) is 0 Å². The molecule has 2 heterocycles. The number of aryl methyl sites for hydroxylation is 1. The number of methoxy groups -OCH3 is 1. The van der Waals surface area contributed by atoms with Gasteiger partial charge in [0.15, 0.2) is 0 Å². The van der Waals surface area contributed by atoms with Gasteiger partial charge in [0.05, 0.1) is 18.8 Å². The minimum atomic E-state index is -0.256. The molecule has 2 aromatic rings. The molecule has 1 saturated carbocycles. The van der Waals surface area contributed by atoms with E-state index in [0.29, 0.717) is 11.7 Å². The van der Waals surface area contributed by atoms with E-state index in [1.54, 1.807) is 13.3 Å². The van der Waals surface area contributed by atoms with E-state index in [4.69, 9.17) is 4.74 Å². The second-order valence-electron chi connectivity index (χ2n) is 6.94. The van der Waals surface area contributed by atoms with Crippen molar-refractivity contribution < 1.29 is 9.53 Å². The smallest absolute Gasteiger partial charge is 0.270 e. The molecule has 24 heavy (non-hydrogen) atoms. The second-order valence-corrected chi connectivity index (χ2v) is 6.94. The average Bonchev–Trinajstić information content (AvgIpc) is 3.24. The zero-order chi connectivity index (χ0) is 16.7. The van der Waals surface area contributed by atoms with Crippen molar-refractivity contribution in [3.05, 3.63) is 47.5 Å². The molecule has 0 saturated heterocycles. The van der Waals surface area contributed by atoms with E-state index < -0.39 is 0 Å². The highest BCUT2D eigenvalue weighted by Crippen LogP contribution is 2.46. The Kier molecular flexibility index (Phi) is 3.59. The van der Waals surface area contributed by atoms with Crippen LogP contribution in [-0.2, 0) is 12.0 Å². The number of nitrogens with zero attached hydrogens (tertiary/aromatic N) is 2. The van der Waals surface area contributed by atoms with Crippen molar-refractivity contribution in [2.45, 2.75) is 50.6 Å². The van der Waals surface area contributed by atoms with Crippen molar-refractivity contribution in [2.24, 2.45) is 0 Å². The number of ether oxygens (including phenoxy) is 1. The summed E-state index contributed by atoms with van der Waals surface area (Å²) in [6.07, 6.45) is 6.86. The highest BCUT2D eigenvalue weighted by Gasteiger charge is 2.46.